The predicted molar refractivity (Wildman–Crippen MR) is 71.1 cm³/mol. The van der Waals surface area contributed by atoms with Crippen molar-refractivity contribution in [2.45, 2.75) is 25.9 Å². The minimum atomic E-state index is -0.821. The van der Waals surface area contributed by atoms with Crippen LogP contribution in [0.15, 0.2) is 12.3 Å². The zero-order valence-corrected chi connectivity index (χ0v) is 11.5. The van der Waals surface area contributed by atoms with Crippen molar-refractivity contribution in [1.82, 2.24) is 4.98 Å². The molecule has 0 radical (unpaired) electrons. The number of aromatic nitrogens is 1. The van der Waals surface area contributed by atoms with Crippen LogP contribution < -0.4 is 10.1 Å². The standard InChI is InChI=1S/C13H22N2O3/c1-10-7-11(12(18-4)8-14-10)15-9-13(2,16)5-6-17-3/h7-8,16H,5-6,9H2,1-4H3,(H,14,15). The Labute approximate surface area is 108 Å². The average Bonchev–Trinajstić information content (AvgIpc) is 2.34. The molecule has 0 spiro atoms. The molecule has 102 valence electrons. The van der Waals surface area contributed by atoms with Gasteiger partial charge in [-0.05, 0) is 19.9 Å². The first-order valence-electron chi connectivity index (χ1n) is 5.94. The van der Waals surface area contributed by atoms with E-state index in [9.17, 15) is 5.11 Å². The van der Waals surface area contributed by atoms with E-state index in [0.717, 1.165) is 11.4 Å². The van der Waals surface area contributed by atoms with Gasteiger partial charge in [-0.15, -0.1) is 0 Å². The zero-order valence-electron chi connectivity index (χ0n) is 11.5. The number of hydrogen-bond acceptors (Lipinski definition) is 5. The van der Waals surface area contributed by atoms with Crippen LogP contribution in [0.25, 0.3) is 0 Å². The van der Waals surface area contributed by atoms with Crippen LogP contribution in [0.4, 0.5) is 5.69 Å². The van der Waals surface area contributed by atoms with E-state index in [0.29, 0.717) is 25.3 Å². The van der Waals surface area contributed by atoms with Crippen molar-refractivity contribution in [3.63, 3.8) is 0 Å². The van der Waals surface area contributed by atoms with Crippen molar-refractivity contribution in [3.05, 3.63) is 18.0 Å². The molecule has 0 fully saturated rings. The number of aliphatic hydroxyl groups is 1. The molecule has 2 N–H and O–H groups in total. The fourth-order valence-corrected chi connectivity index (χ4v) is 1.54. The SMILES string of the molecule is COCCC(C)(O)CNc1cc(C)ncc1OC. The molecule has 0 saturated heterocycles. The van der Waals surface area contributed by atoms with Crippen molar-refractivity contribution in [2.75, 3.05) is 32.7 Å². The summed E-state index contributed by atoms with van der Waals surface area (Å²) >= 11 is 0. The molecule has 0 aliphatic carbocycles. The number of methoxy groups -OCH3 is 2. The Balaban J connectivity index is 2.64. The summed E-state index contributed by atoms with van der Waals surface area (Å²) in [5.41, 5.74) is 0.913. The number of nitrogens with zero attached hydrogens (tertiary/aromatic N) is 1. The molecular formula is C13H22N2O3. The summed E-state index contributed by atoms with van der Waals surface area (Å²) in [6.07, 6.45) is 2.24. The lowest BCUT2D eigenvalue weighted by molar-refractivity contribution is 0.0357. The summed E-state index contributed by atoms with van der Waals surface area (Å²) < 4.78 is 10.2. The van der Waals surface area contributed by atoms with Gasteiger partial charge in [-0.25, -0.2) is 0 Å². The molecule has 5 heteroatoms. The van der Waals surface area contributed by atoms with Crippen LogP contribution in [0.5, 0.6) is 5.75 Å². The summed E-state index contributed by atoms with van der Waals surface area (Å²) in [5, 5.41) is 13.3. The zero-order chi connectivity index (χ0) is 13.6. The van der Waals surface area contributed by atoms with E-state index in [4.69, 9.17) is 9.47 Å². The monoisotopic (exact) mass is 254 g/mol. The molecule has 1 atom stereocenters. The molecule has 0 aliphatic rings. The van der Waals surface area contributed by atoms with E-state index in [2.05, 4.69) is 10.3 Å². The second-order valence-electron chi connectivity index (χ2n) is 4.62. The minimum Gasteiger partial charge on any atom is -0.493 e. The third-order valence-electron chi connectivity index (χ3n) is 2.73. The molecule has 1 rings (SSSR count). The summed E-state index contributed by atoms with van der Waals surface area (Å²) in [7, 11) is 3.22. The van der Waals surface area contributed by atoms with Gasteiger partial charge in [0.1, 0.15) is 0 Å². The van der Waals surface area contributed by atoms with Gasteiger partial charge in [0.25, 0.3) is 0 Å². The molecular weight excluding hydrogens is 232 g/mol. The summed E-state index contributed by atoms with van der Waals surface area (Å²) in [6.45, 7) is 4.64. The van der Waals surface area contributed by atoms with Crippen LogP contribution in [-0.4, -0.2) is 43.1 Å². The van der Waals surface area contributed by atoms with Crippen LogP contribution in [0.1, 0.15) is 19.0 Å². The molecule has 1 aromatic rings. The number of pyridine rings is 1. The molecule has 0 bridgehead atoms. The van der Waals surface area contributed by atoms with Gasteiger partial charge >= 0.3 is 0 Å². The van der Waals surface area contributed by atoms with Crippen LogP contribution in [0, 0.1) is 6.92 Å². The second-order valence-corrected chi connectivity index (χ2v) is 4.62. The topological polar surface area (TPSA) is 63.6 Å². The Kier molecular flexibility index (Phi) is 5.37. The Morgan fingerprint density at radius 2 is 2.17 bits per heavy atom. The van der Waals surface area contributed by atoms with E-state index in [-0.39, 0.29) is 0 Å². The van der Waals surface area contributed by atoms with Gasteiger partial charge in [0.05, 0.1) is 24.6 Å². The van der Waals surface area contributed by atoms with Gasteiger partial charge in [0, 0.05) is 32.4 Å². The molecule has 0 aliphatic heterocycles. The third-order valence-corrected chi connectivity index (χ3v) is 2.73. The van der Waals surface area contributed by atoms with Gasteiger partial charge in [-0.2, -0.15) is 0 Å². The Morgan fingerprint density at radius 1 is 1.44 bits per heavy atom. The van der Waals surface area contributed by atoms with Gasteiger partial charge < -0.3 is 19.9 Å². The van der Waals surface area contributed by atoms with E-state index >= 15 is 0 Å². The fraction of sp³-hybridized carbons (Fsp3) is 0.615. The van der Waals surface area contributed by atoms with Crippen molar-refractivity contribution >= 4 is 5.69 Å². The van der Waals surface area contributed by atoms with Crippen LogP contribution in [0.2, 0.25) is 0 Å². The van der Waals surface area contributed by atoms with Gasteiger partial charge in [-0.3, -0.25) is 4.98 Å². The Bertz CT molecular complexity index is 380. The first kappa shape index (κ1) is 14.7. The third kappa shape index (κ3) is 4.50. The van der Waals surface area contributed by atoms with Gasteiger partial charge in [-0.1, -0.05) is 0 Å². The number of nitrogens with one attached hydrogen (secondary N) is 1. The number of aryl methyl sites for hydroxylation is 1. The lowest BCUT2D eigenvalue weighted by atomic mass is 10.0. The highest BCUT2D eigenvalue weighted by atomic mass is 16.5. The largest absolute Gasteiger partial charge is 0.493 e. The molecule has 0 amide bonds. The van der Waals surface area contributed by atoms with Crippen LogP contribution in [-0.2, 0) is 4.74 Å². The molecule has 1 unspecified atom stereocenters. The molecule has 0 aromatic carbocycles. The maximum Gasteiger partial charge on any atom is 0.160 e. The highest BCUT2D eigenvalue weighted by Crippen LogP contribution is 2.24. The molecule has 1 heterocycles. The second kappa shape index (κ2) is 6.56. The normalized spacial score (nSPS) is 14.1. The van der Waals surface area contributed by atoms with Crippen molar-refractivity contribution in [3.8, 4) is 5.75 Å². The van der Waals surface area contributed by atoms with Crippen LogP contribution in [0.3, 0.4) is 0 Å². The fourth-order valence-electron chi connectivity index (χ4n) is 1.54. The Morgan fingerprint density at radius 3 is 2.78 bits per heavy atom. The molecule has 1 aromatic heterocycles. The van der Waals surface area contributed by atoms with E-state index < -0.39 is 5.60 Å². The van der Waals surface area contributed by atoms with Gasteiger partial charge in [0.2, 0.25) is 0 Å². The van der Waals surface area contributed by atoms with Gasteiger partial charge in [0.15, 0.2) is 5.75 Å². The van der Waals surface area contributed by atoms with Crippen molar-refractivity contribution in [1.29, 1.82) is 0 Å². The lowest BCUT2D eigenvalue weighted by Crippen LogP contribution is -2.34. The summed E-state index contributed by atoms with van der Waals surface area (Å²) in [5.74, 6) is 0.670. The average molecular weight is 254 g/mol. The first-order valence-corrected chi connectivity index (χ1v) is 5.94. The maximum atomic E-state index is 10.1. The molecule has 0 saturated carbocycles. The lowest BCUT2D eigenvalue weighted by Gasteiger charge is -2.24. The number of hydrogen-bond donors (Lipinski definition) is 2. The maximum absolute atomic E-state index is 10.1. The Hall–Kier alpha value is -1.33. The number of rotatable bonds is 7. The predicted octanol–water partition coefficient (Wildman–Crippen LogP) is 1.60. The number of ether oxygens (including phenoxy) is 2. The summed E-state index contributed by atoms with van der Waals surface area (Å²) in [4.78, 5) is 4.16. The molecule has 5 nitrogen and oxygen atoms in total. The molecule has 18 heavy (non-hydrogen) atoms. The van der Waals surface area contributed by atoms with E-state index in [1.165, 1.54) is 0 Å². The van der Waals surface area contributed by atoms with E-state index in [1.807, 2.05) is 13.0 Å². The van der Waals surface area contributed by atoms with E-state index in [1.54, 1.807) is 27.3 Å². The first-order chi connectivity index (χ1) is 8.48. The summed E-state index contributed by atoms with van der Waals surface area (Å²) in [6, 6.07) is 1.89. The highest BCUT2D eigenvalue weighted by Gasteiger charge is 2.20. The smallest absolute Gasteiger partial charge is 0.160 e. The van der Waals surface area contributed by atoms with Crippen molar-refractivity contribution < 1.29 is 14.6 Å². The highest BCUT2D eigenvalue weighted by molar-refractivity contribution is 5.56. The number of anilines is 1. The van der Waals surface area contributed by atoms with Crippen LogP contribution >= 0.6 is 0 Å². The minimum absolute atomic E-state index is 0.427. The quantitative estimate of drug-likeness (QED) is 0.773. The van der Waals surface area contributed by atoms with Crippen molar-refractivity contribution in [2.24, 2.45) is 0 Å².